The van der Waals surface area contributed by atoms with Crippen molar-refractivity contribution in [3.05, 3.63) is 90.3 Å². The molecule has 1 aromatic heterocycles. The van der Waals surface area contributed by atoms with Crippen molar-refractivity contribution in [3.8, 4) is 0 Å². The molecule has 0 radical (unpaired) electrons. The van der Waals surface area contributed by atoms with E-state index >= 15 is 0 Å². The minimum Gasteiger partial charge on any atom is -0.326 e. The van der Waals surface area contributed by atoms with Crippen LogP contribution in [0.1, 0.15) is 17.5 Å². The van der Waals surface area contributed by atoms with Crippen molar-refractivity contribution in [2.45, 2.75) is 25.9 Å². The van der Waals surface area contributed by atoms with Crippen LogP contribution in [-0.4, -0.2) is 33.8 Å². The Hall–Kier alpha value is -4.00. The Kier molecular flexibility index (Phi) is 5.75. The Bertz CT molecular complexity index is 1100. The number of pyridine rings is 1. The predicted octanol–water partition coefficient (Wildman–Crippen LogP) is 3.76. The first-order valence-electron chi connectivity index (χ1n) is 9.98. The molecule has 0 saturated carbocycles. The fourth-order valence-electron chi connectivity index (χ4n) is 3.62. The van der Waals surface area contributed by atoms with Crippen LogP contribution in [0.5, 0.6) is 0 Å². The summed E-state index contributed by atoms with van der Waals surface area (Å²) in [5, 5.41) is 2.79. The van der Waals surface area contributed by atoms with Crippen molar-refractivity contribution in [2.24, 2.45) is 0 Å². The van der Waals surface area contributed by atoms with E-state index in [9.17, 15) is 14.4 Å². The lowest BCUT2D eigenvalue weighted by Crippen LogP contribution is -2.37. The number of amides is 4. The van der Waals surface area contributed by atoms with Gasteiger partial charge in [0.1, 0.15) is 6.04 Å². The number of nitrogens with one attached hydrogen (secondary N) is 1. The molecule has 2 aromatic carbocycles. The number of aryl methyl sites for hydroxylation is 1. The number of nitrogens with zero attached hydrogens (tertiary/aromatic N) is 3. The molecule has 156 valence electrons. The van der Waals surface area contributed by atoms with Gasteiger partial charge in [-0.15, -0.1) is 0 Å². The fourth-order valence-corrected chi connectivity index (χ4v) is 3.62. The summed E-state index contributed by atoms with van der Waals surface area (Å²) >= 11 is 0. The van der Waals surface area contributed by atoms with Crippen molar-refractivity contribution >= 4 is 29.2 Å². The summed E-state index contributed by atoms with van der Waals surface area (Å²) in [6.45, 7) is 2.08. The lowest BCUT2D eigenvalue weighted by molar-refractivity contribution is -0.124. The highest BCUT2D eigenvalue weighted by Crippen LogP contribution is 2.29. The molecule has 1 atom stereocenters. The standard InChI is InChI=1S/C24H22N4O3/c1-17-7-5-11-20(13-17)28-23(30)21(14-22(29)26-19-9-3-2-4-10-19)27(24(28)31)16-18-8-6-12-25-15-18/h2-13,15,21H,14,16H2,1H3,(H,26,29)/t21-/m0/s1. The van der Waals surface area contributed by atoms with Gasteiger partial charge in [0.15, 0.2) is 0 Å². The van der Waals surface area contributed by atoms with Crippen LogP contribution in [0.4, 0.5) is 16.2 Å². The summed E-state index contributed by atoms with van der Waals surface area (Å²) in [5.41, 5.74) is 2.85. The zero-order chi connectivity index (χ0) is 21.8. The normalized spacial score (nSPS) is 16.0. The number of imide groups is 1. The van der Waals surface area contributed by atoms with E-state index in [-0.39, 0.29) is 18.9 Å². The Morgan fingerprint density at radius 2 is 1.84 bits per heavy atom. The maximum Gasteiger partial charge on any atom is 0.332 e. The number of carbonyl (C=O) groups excluding carboxylic acids is 3. The van der Waals surface area contributed by atoms with Gasteiger partial charge in [-0.05, 0) is 48.4 Å². The van der Waals surface area contributed by atoms with Gasteiger partial charge in [-0.2, -0.15) is 0 Å². The van der Waals surface area contributed by atoms with Gasteiger partial charge >= 0.3 is 6.03 Å². The van der Waals surface area contributed by atoms with Gasteiger partial charge in [0, 0.05) is 24.6 Å². The number of aromatic nitrogens is 1. The molecular weight excluding hydrogens is 392 g/mol. The molecule has 1 saturated heterocycles. The quantitative estimate of drug-likeness (QED) is 0.623. The SMILES string of the molecule is Cc1cccc(N2C(=O)[C@H](CC(=O)Nc3ccccc3)N(Cc3cccnc3)C2=O)c1. The van der Waals surface area contributed by atoms with Gasteiger partial charge in [-0.3, -0.25) is 14.6 Å². The lowest BCUT2D eigenvalue weighted by atomic mass is 10.1. The molecule has 1 fully saturated rings. The van der Waals surface area contributed by atoms with E-state index in [1.54, 1.807) is 48.8 Å². The van der Waals surface area contributed by atoms with Crippen LogP contribution >= 0.6 is 0 Å². The molecule has 7 nitrogen and oxygen atoms in total. The van der Waals surface area contributed by atoms with Crippen molar-refractivity contribution < 1.29 is 14.4 Å². The molecule has 0 bridgehead atoms. The maximum absolute atomic E-state index is 13.3. The van der Waals surface area contributed by atoms with Crippen LogP contribution in [0.2, 0.25) is 0 Å². The molecule has 4 rings (SSSR count). The molecule has 0 aliphatic carbocycles. The zero-order valence-electron chi connectivity index (χ0n) is 17.1. The largest absolute Gasteiger partial charge is 0.332 e. The molecule has 0 unspecified atom stereocenters. The number of carbonyl (C=O) groups is 3. The zero-order valence-corrected chi connectivity index (χ0v) is 17.1. The molecule has 1 aliphatic rings. The third-order valence-corrected chi connectivity index (χ3v) is 5.09. The average molecular weight is 414 g/mol. The highest BCUT2D eigenvalue weighted by molar-refractivity contribution is 6.22. The topological polar surface area (TPSA) is 82.6 Å². The van der Waals surface area contributed by atoms with Crippen LogP contribution in [0.25, 0.3) is 0 Å². The summed E-state index contributed by atoms with van der Waals surface area (Å²) in [4.78, 5) is 45.9. The minimum absolute atomic E-state index is 0.137. The molecule has 3 aromatic rings. The average Bonchev–Trinajstić information content (AvgIpc) is 2.99. The van der Waals surface area contributed by atoms with Crippen LogP contribution in [0, 0.1) is 6.92 Å². The van der Waals surface area contributed by atoms with Gasteiger partial charge in [0.05, 0.1) is 12.1 Å². The van der Waals surface area contributed by atoms with Gasteiger partial charge in [0.2, 0.25) is 5.91 Å². The molecule has 4 amide bonds. The van der Waals surface area contributed by atoms with E-state index in [0.29, 0.717) is 11.4 Å². The van der Waals surface area contributed by atoms with E-state index in [0.717, 1.165) is 16.0 Å². The Labute approximate surface area is 180 Å². The molecule has 7 heteroatoms. The highest BCUT2D eigenvalue weighted by Gasteiger charge is 2.46. The monoisotopic (exact) mass is 414 g/mol. The Morgan fingerprint density at radius 3 is 2.55 bits per heavy atom. The first-order chi connectivity index (χ1) is 15.0. The van der Waals surface area contributed by atoms with Gasteiger partial charge in [-0.1, -0.05) is 36.4 Å². The third-order valence-electron chi connectivity index (χ3n) is 5.09. The van der Waals surface area contributed by atoms with Crippen LogP contribution in [0.15, 0.2) is 79.1 Å². The van der Waals surface area contributed by atoms with Crippen molar-refractivity contribution in [1.29, 1.82) is 0 Å². The van der Waals surface area contributed by atoms with Gasteiger partial charge in [0.25, 0.3) is 5.91 Å². The highest BCUT2D eigenvalue weighted by atomic mass is 16.2. The second-order valence-electron chi connectivity index (χ2n) is 7.42. The number of urea groups is 1. The second-order valence-corrected chi connectivity index (χ2v) is 7.42. The van der Waals surface area contributed by atoms with E-state index in [4.69, 9.17) is 0 Å². The van der Waals surface area contributed by atoms with Crippen LogP contribution in [0.3, 0.4) is 0 Å². The molecule has 0 spiro atoms. The molecule has 2 heterocycles. The lowest BCUT2D eigenvalue weighted by Gasteiger charge is -2.21. The number of anilines is 2. The summed E-state index contributed by atoms with van der Waals surface area (Å²) in [6.07, 6.45) is 3.15. The number of para-hydroxylation sites is 1. The molecule has 1 aliphatic heterocycles. The minimum atomic E-state index is -0.906. The smallest absolute Gasteiger partial charge is 0.326 e. The summed E-state index contributed by atoms with van der Waals surface area (Å²) in [6, 6.07) is 18.5. The number of hydrogen-bond acceptors (Lipinski definition) is 4. The van der Waals surface area contributed by atoms with Crippen molar-refractivity contribution in [1.82, 2.24) is 9.88 Å². The summed E-state index contributed by atoms with van der Waals surface area (Å²) < 4.78 is 0. The van der Waals surface area contributed by atoms with Gasteiger partial charge < -0.3 is 10.2 Å². The van der Waals surface area contributed by atoms with Crippen LogP contribution in [-0.2, 0) is 16.1 Å². The molecule has 1 N–H and O–H groups in total. The van der Waals surface area contributed by atoms with E-state index in [2.05, 4.69) is 10.3 Å². The molecular formula is C24H22N4O3. The number of benzene rings is 2. The van der Waals surface area contributed by atoms with E-state index in [1.165, 1.54) is 4.90 Å². The Morgan fingerprint density at radius 1 is 1.03 bits per heavy atom. The van der Waals surface area contributed by atoms with Crippen molar-refractivity contribution in [3.63, 3.8) is 0 Å². The van der Waals surface area contributed by atoms with Crippen molar-refractivity contribution in [2.75, 3.05) is 10.2 Å². The summed E-state index contributed by atoms with van der Waals surface area (Å²) in [5.74, 6) is -0.748. The summed E-state index contributed by atoms with van der Waals surface area (Å²) in [7, 11) is 0. The first-order valence-corrected chi connectivity index (χ1v) is 9.98. The number of rotatable bonds is 6. The number of hydrogen-bond donors (Lipinski definition) is 1. The predicted molar refractivity (Wildman–Crippen MR) is 117 cm³/mol. The van der Waals surface area contributed by atoms with Crippen LogP contribution < -0.4 is 10.2 Å². The molecule has 31 heavy (non-hydrogen) atoms. The second kappa shape index (κ2) is 8.79. The van der Waals surface area contributed by atoms with Gasteiger partial charge in [-0.25, -0.2) is 9.69 Å². The third kappa shape index (κ3) is 4.45. The fraction of sp³-hybridized carbons (Fsp3) is 0.167. The Balaban J connectivity index is 1.61. The maximum atomic E-state index is 13.3. The van der Waals surface area contributed by atoms with E-state index < -0.39 is 18.0 Å². The van der Waals surface area contributed by atoms with E-state index in [1.807, 2.05) is 37.3 Å². The first kappa shape index (κ1) is 20.3.